The molecule has 0 aliphatic carbocycles. The fourth-order valence-corrected chi connectivity index (χ4v) is 1.48. The average molecular weight is 277 g/mol. The number of aromatic nitrogens is 1. The van der Waals surface area contributed by atoms with Crippen LogP contribution in [0.1, 0.15) is 19.4 Å². The van der Waals surface area contributed by atoms with Crippen molar-refractivity contribution < 1.29 is 4.74 Å². The molecule has 0 amide bonds. The molecule has 0 aliphatic rings. The SMILES string of the molecule is Cc1cc(I)cnc1OC(C)C. The number of hydrogen-bond donors (Lipinski definition) is 0. The maximum atomic E-state index is 5.49. The first-order valence-electron chi connectivity index (χ1n) is 3.88. The Morgan fingerprint density at radius 3 is 2.67 bits per heavy atom. The van der Waals surface area contributed by atoms with Crippen LogP contribution in [0.3, 0.4) is 0 Å². The number of halogens is 1. The molecule has 1 aromatic heterocycles. The maximum absolute atomic E-state index is 5.49. The van der Waals surface area contributed by atoms with Crippen molar-refractivity contribution in [2.75, 3.05) is 0 Å². The van der Waals surface area contributed by atoms with Crippen molar-refractivity contribution >= 4 is 22.6 Å². The molecule has 1 heterocycles. The fourth-order valence-electron chi connectivity index (χ4n) is 0.875. The van der Waals surface area contributed by atoms with E-state index in [9.17, 15) is 0 Å². The molecule has 1 rings (SSSR count). The van der Waals surface area contributed by atoms with Crippen LogP contribution in [0.15, 0.2) is 12.3 Å². The van der Waals surface area contributed by atoms with Crippen LogP contribution in [0.25, 0.3) is 0 Å². The van der Waals surface area contributed by atoms with Gasteiger partial charge in [-0.2, -0.15) is 0 Å². The van der Waals surface area contributed by atoms with Crippen molar-refractivity contribution in [1.29, 1.82) is 0 Å². The Kier molecular flexibility index (Phi) is 3.31. The van der Waals surface area contributed by atoms with Crippen LogP contribution in [0, 0.1) is 10.5 Å². The van der Waals surface area contributed by atoms with Crippen LogP contribution in [0.5, 0.6) is 5.88 Å². The molecule has 0 aromatic carbocycles. The van der Waals surface area contributed by atoms with Crippen LogP contribution in [0.4, 0.5) is 0 Å². The zero-order chi connectivity index (χ0) is 9.14. The number of ether oxygens (including phenoxy) is 1. The van der Waals surface area contributed by atoms with Gasteiger partial charge in [-0.25, -0.2) is 4.98 Å². The van der Waals surface area contributed by atoms with Crippen molar-refractivity contribution in [2.45, 2.75) is 26.9 Å². The van der Waals surface area contributed by atoms with Crippen molar-refractivity contribution in [3.8, 4) is 5.88 Å². The Balaban J connectivity index is 2.86. The van der Waals surface area contributed by atoms with E-state index in [1.807, 2.05) is 27.0 Å². The second-order valence-electron chi connectivity index (χ2n) is 2.94. The number of hydrogen-bond acceptors (Lipinski definition) is 2. The summed E-state index contributed by atoms with van der Waals surface area (Å²) in [4.78, 5) is 4.19. The highest BCUT2D eigenvalue weighted by Gasteiger charge is 2.02. The maximum Gasteiger partial charge on any atom is 0.216 e. The van der Waals surface area contributed by atoms with E-state index < -0.39 is 0 Å². The standard InChI is InChI=1S/C9H12INO/c1-6(2)12-9-7(3)4-8(10)5-11-9/h4-6H,1-3H3. The lowest BCUT2D eigenvalue weighted by Gasteiger charge is -2.10. The van der Waals surface area contributed by atoms with Gasteiger partial charge in [-0.05, 0) is 49.4 Å². The topological polar surface area (TPSA) is 22.1 Å². The van der Waals surface area contributed by atoms with E-state index in [0.717, 1.165) is 15.0 Å². The molecule has 66 valence electrons. The molecular formula is C9H12INO. The molecule has 0 radical (unpaired) electrons. The van der Waals surface area contributed by atoms with Gasteiger partial charge in [-0.1, -0.05) is 0 Å². The van der Waals surface area contributed by atoms with E-state index in [2.05, 4.69) is 33.6 Å². The molecule has 0 N–H and O–H groups in total. The number of pyridine rings is 1. The number of rotatable bonds is 2. The highest BCUT2D eigenvalue weighted by molar-refractivity contribution is 14.1. The first-order valence-corrected chi connectivity index (χ1v) is 4.96. The fraction of sp³-hybridized carbons (Fsp3) is 0.444. The summed E-state index contributed by atoms with van der Waals surface area (Å²) in [5.74, 6) is 0.741. The third kappa shape index (κ3) is 2.62. The van der Waals surface area contributed by atoms with Gasteiger partial charge in [-0.15, -0.1) is 0 Å². The van der Waals surface area contributed by atoms with E-state index in [4.69, 9.17) is 4.74 Å². The van der Waals surface area contributed by atoms with E-state index in [1.54, 1.807) is 0 Å². The van der Waals surface area contributed by atoms with E-state index >= 15 is 0 Å². The summed E-state index contributed by atoms with van der Waals surface area (Å²) in [7, 11) is 0. The predicted octanol–water partition coefficient (Wildman–Crippen LogP) is 2.78. The normalized spacial score (nSPS) is 10.4. The van der Waals surface area contributed by atoms with E-state index in [0.29, 0.717) is 0 Å². The van der Waals surface area contributed by atoms with Crippen LogP contribution < -0.4 is 4.74 Å². The monoisotopic (exact) mass is 277 g/mol. The van der Waals surface area contributed by atoms with Crippen LogP contribution >= 0.6 is 22.6 Å². The second-order valence-corrected chi connectivity index (χ2v) is 4.19. The summed E-state index contributed by atoms with van der Waals surface area (Å²) < 4.78 is 6.63. The van der Waals surface area contributed by atoms with Gasteiger partial charge in [0.25, 0.3) is 0 Å². The molecule has 0 atom stereocenters. The largest absolute Gasteiger partial charge is 0.475 e. The summed E-state index contributed by atoms with van der Waals surface area (Å²) >= 11 is 2.24. The van der Waals surface area contributed by atoms with Crippen molar-refractivity contribution in [1.82, 2.24) is 4.98 Å². The zero-order valence-electron chi connectivity index (χ0n) is 7.47. The summed E-state index contributed by atoms with van der Waals surface area (Å²) in [6.45, 7) is 6.01. The van der Waals surface area contributed by atoms with Gasteiger partial charge < -0.3 is 4.74 Å². The predicted molar refractivity (Wildman–Crippen MR) is 57.5 cm³/mol. The molecule has 12 heavy (non-hydrogen) atoms. The Labute approximate surface area is 86.5 Å². The highest BCUT2D eigenvalue weighted by atomic mass is 127. The van der Waals surface area contributed by atoms with Crippen LogP contribution in [-0.4, -0.2) is 11.1 Å². The molecule has 1 aromatic rings. The highest BCUT2D eigenvalue weighted by Crippen LogP contribution is 2.17. The Hall–Kier alpha value is -0.320. The van der Waals surface area contributed by atoms with Gasteiger partial charge in [0.15, 0.2) is 0 Å². The molecule has 0 fully saturated rings. The van der Waals surface area contributed by atoms with E-state index in [-0.39, 0.29) is 6.10 Å². The molecule has 3 heteroatoms. The minimum absolute atomic E-state index is 0.191. The molecule has 2 nitrogen and oxygen atoms in total. The molecule has 0 saturated heterocycles. The van der Waals surface area contributed by atoms with Gasteiger partial charge in [0.05, 0.1) is 6.10 Å². The zero-order valence-corrected chi connectivity index (χ0v) is 9.62. The molecule has 0 bridgehead atoms. The molecule has 0 saturated carbocycles. The van der Waals surface area contributed by atoms with Crippen LogP contribution in [-0.2, 0) is 0 Å². The van der Waals surface area contributed by atoms with Gasteiger partial charge in [0, 0.05) is 15.3 Å². The lowest BCUT2D eigenvalue weighted by Crippen LogP contribution is -2.08. The van der Waals surface area contributed by atoms with Crippen molar-refractivity contribution in [3.63, 3.8) is 0 Å². The smallest absolute Gasteiger partial charge is 0.216 e. The first-order chi connectivity index (χ1) is 5.59. The Morgan fingerprint density at radius 1 is 1.50 bits per heavy atom. The summed E-state index contributed by atoms with van der Waals surface area (Å²) in [6.07, 6.45) is 2.00. The summed E-state index contributed by atoms with van der Waals surface area (Å²) in [6, 6.07) is 2.06. The first kappa shape index (κ1) is 9.77. The molecule has 0 aliphatic heterocycles. The van der Waals surface area contributed by atoms with E-state index in [1.165, 1.54) is 0 Å². The minimum Gasteiger partial charge on any atom is -0.475 e. The van der Waals surface area contributed by atoms with Gasteiger partial charge in [-0.3, -0.25) is 0 Å². The minimum atomic E-state index is 0.191. The lowest BCUT2D eigenvalue weighted by molar-refractivity contribution is 0.231. The second kappa shape index (κ2) is 4.07. The van der Waals surface area contributed by atoms with Gasteiger partial charge >= 0.3 is 0 Å². The number of nitrogens with zero attached hydrogens (tertiary/aromatic N) is 1. The van der Waals surface area contributed by atoms with Gasteiger partial charge in [0.1, 0.15) is 0 Å². The van der Waals surface area contributed by atoms with Crippen LogP contribution in [0.2, 0.25) is 0 Å². The number of aryl methyl sites for hydroxylation is 1. The summed E-state index contributed by atoms with van der Waals surface area (Å²) in [5.41, 5.74) is 1.09. The molecule has 0 unspecified atom stereocenters. The Morgan fingerprint density at radius 2 is 2.17 bits per heavy atom. The average Bonchev–Trinajstić information content (AvgIpc) is 1.94. The summed E-state index contributed by atoms with van der Waals surface area (Å²) in [5, 5.41) is 0. The van der Waals surface area contributed by atoms with Gasteiger partial charge in [0.2, 0.25) is 5.88 Å². The molecular weight excluding hydrogens is 265 g/mol. The third-order valence-corrected chi connectivity index (χ3v) is 1.93. The van der Waals surface area contributed by atoms with Crippen molar-refractivity contribution in [3.05, 3.63) is 21.4 Å². The molecule has 0 spiro atoms. The lowest BCUT2D eigenvalue weighted by atomic mass is 10.3. The quantitative estimate of drug-likeness (QED) is 0.775. The Bertz CT molecular complexity index is 273. The van der Waals surface area contributed by atoms with Crippen molar-refractivity contribution in [2.24, 2.45) is 0 Å². The third-order valence-electron chi connectivity index (χ3n) is 1.34.